The van der Waals surface area contributed by atoms with Crippen molar-refractivity contribution in [1.82, 2.24) is 20.3 Å². The molecule has 0 bridgehead atoms. The molecule has 0 spiro atoms. The maximum Gasteiger partial charge on any atom is 0.200 e. The zero-order chi connectivity index (χ0) is 20.1. The number of methoxy groups -OCH3 is 1. The monoisotopic (exact) mass is 436 g/mol. The first kappa shape index (κ1) is 20.0. The first-order valence-electron chi connectivity index (χ1n) is 10.5. The molecule has 1 saturated heterocycles. The van der Waals surface area contributed by atoms with Crippen LogP contribution in [0.4, 0.5) is 0 Å². The van der Waals surface area contributed by atoms with Crippen LogP contribution in [0.2, 0.25) is 0 Å². The van der Waals surface area contributed by atoms with Crippen LogP contribution in [0.15, 0.2) is 47.1 Å². The van der Waals surface area contributed by atoms with E-state index < -0.39 is 0 Å². The summed E-state index contributed by atoms with van der Waals surface area (Å²) in [5, 5.41) is 5.84. The van der Waals surface area contributed by atoms with Gasteiger partial charge in [-0.2, -0.15) is 0 Å². The Bertz CT molecular complexity index is 1360. The first-order chi connectivity index (χ1) is 14.8. The topological polar surface area (TPSA) is 78.9 Å². The third-order valence-electron chi connectivity index (χ3n) is 6.37. The van der Waals surface area contributed by atoms with E-state index in [-0.39, 0.29) is 12.4 Å². The molecule has 3 aromatic heterocycles. The van der Waals surface area contributed by atoms with Gasteiger partial charge >= 0.3 is 0 Å². The molecule has 0 aliphatic carbocycles. The van der Waals surface area contributed by atoms with E-state index in [2.05, 4.69) is 33.6 Å². The first-order valence-corrected chi connectivity index (χ1v) is 10.5. The number of aromatic nitrogens is 3. The van der Waals surface area contributed by atoms with Crippen molar-refractivity contribution in [1.29, 1.82) is 0 Å². The van der Waals surface area contributed by atoms with Crippen LogP contribution in [-0.2, 0) is 6.42 Å². The minimum atomic E-state index is 0. The lowest BCUT2D eigenvalue weighted by atomic mass is 9.90. The van der Waals surface area contributed by atoms with Crippen molar-refractivity contribution in [3.05, 3.63) is 59.7 Å². The van der Waals surface area contributed by atoms with E-state index in [0.717, 1.165) is 59.7 Å². The SMILES string of the molecule is COc1ccc2c(Cc3nc4c(ccc5[nH]cc(C6CCNCC6)c54)o3)c[nH]c2c1.Cl. The van der Waals surface area contributed by atoms with Gasteiger partial charge in [-0.05, 0) is 67.2 Å². The molecule has 0 saturated carbocycles. The minimum absolute atomic E-state index is 0. The molecule has 6 nitrogen and oxygen atoms in total. The Labute approximate surface area is 185 Å². The van der Waals surface area contributed by atoms with E-state index in [0.29, 0.717) is 12.3 Å². The van der Waals surface area contributed by atoms with E-state index in [1.807, 2.05) is 24.4 Å². The van der Waals surface area contributed by atoms with E-state index in [1.54, 1.807) is 7.11 Å². The number of benzene rings is 2. The third kappa shape index (κ3) is 3.36. The van der Waals surface area contributed by atoms with Gasteiger partial charge in [0.25, 0.3) is 0 Å². The largest absolute Gasteiger partial charge is 0.497 e. The van der Waals surface area contributed by atoms with Crippen LogP contribution in [0.5, 0.6) is 5.75 Å². The molecule has 7 heteroatoms. The van der Waals surface area contributed by atoms with Crippen molar-refractivity contribution >= 4 is 45.3 Å². The van der Waals surface area contributed by atoms with Crippen molar-refractivity contribution in [2.75, 3.05) is 20.2 Å². The molecule has 3 N–H and O–H groups in total. The highest BCUT2D eigenvalue weighted by atomic mass is 35.5. The molecule has 0 radical (unpaired) electrons. The molecule has 0 atom stereocenters. The lowest BCUT2D eigenvalue weighted by Crippen LogP contribution is -2.26. The highest BCUT2D eigenvalue weighted by molar-refractivity contribution is 6.04. The molecule has 1 aliphatic rings. The van der Waals surface area contributed by atoms with Crippen molar-refractivity contribution in [2.45, 2.75) is 25.2 Å². The number of nitrogens with zero attached hydrogens (tertiary/aromatic N) is 1. The Morgan fingerprint density at radius 2 is 1.90 bits per heavy atom. The van der Waals surface area contributed by atoms with E-state index >= 15 is 0 Å². The Morgan fingerprint density at radius 3 is 2.74 bits per heavy atom. The third-order valence-corrected chi connectivity index (χ3v) is 6.37. The fourth-order valence-electron chi connectivity index (χ4n) is 4.81. The van der Waals surface area contributed by atoms with Crippen LogP contribution in [0.1, 0.15) is 35.8 Å². The van der Waals surface area contributed by atoms with E-state index in [1.165, 1.54) is 21.9 Å². The van der Waals surface area contributed by atoms with Crippen LogP contribution in [0, 0.1) is 0 Å². The lowest BCUT2D eigenvalue weighted by Gasteiger charge is -2.22. The zero-order valence-corrected chi connectivity index (χ0v) is 18.1. The van der Waals surface area contributed by atoms with Crippen LogP contribution in [0.25, 0.3) is 32.9 Å². The van der Waals surface area contributed by atoms with Crippen molar-refractivity contribution in [3.8, 4) is 5.75 Å². The molecule has 31 heavy (non-hydrogen) atoms. The molecule has 2 aromatic carbocycles. The molecular weight excluding hydrogens is 412 g/mol. The van der Waals surface area contributed by atoms with Gasteiger partial charge < -0.3 is 24.4 Å². The Kier molecular flexibility index (Phi) is 5.12. The number of nitrogens with one attached hydrogen (secondary N) is 3. The predicted molar refractivity (Wildman–Crippen MR) is 126 cm³/mol. The average Bonchev–Trinajstić information content (AvgIpc) is 3.50. The Hall–Kier alpha value is -2.96. The van der Waals surface area contributed by atoms with Gasteiger partial charge in [0.1, 0.15) is 11.3 Å². The van der Waals surface area contributed by atoms with Crippen molar-refractivity contribution < 1.29 is 9.15 Å². The fraction of sp³-hybridized carbons (Fsp3) is 0.292. The van der Waals surface area contributed by atoms with Gasteiger partial charge in [0.15, 0.2) is 11.5 Å². The average molecular weight is 437 g/mol. The number of ether oxygens (including phenoxy) is 1. The van der Waals surface area contributed by atoms with Crippen molar-refractivity contribution in [3.63, 3.8) is 0 Å². The van der Waals surface area contributed by atoms with Crippen molar-refractivity contribution in [2.24, 2.45) is 0 Å². The maximum absolute atomic E-state index is 6.18. The Balaban J connectivity index is 0.00000204. The number of halogens is 1. The molecular formula is C24H25ClN4O2. The summed E-state index contributed by atoms with van der Waals surface area (Å²) in [6.07, 6.45) is 7.17. The van der Waals surface area contributed by atoms with Crippen LogP contribution < -0.4 is 10.1 Å². The summed E-state index contributed by atoms with van der Waals surface area (Å²) in [5.74, 6) is 2.15. The van der Waals surface area contributed by atoms with Gasteiger partial charge in [-0.15, -0.1) is 12.4 Å². The summed E-state index contributed by atoms with van der Waals surface area (Å²) in [6, 6.07) is 10.2. The van der Waals surface area contributed by atoms with Gasteiger partial charge in [0.2, 0.25) is 0 Å². The molecule has 0 amide bonds. The normalized spacial score (nSPS) is 15.0. The maximum atomic E-state index is 6.18. The van der Waals surface area contributed by atoms with Gasteiger partial charge in [0.05, 0.1) is 13.5 Å². The van der Waals surface area contributed by atoms with E-state index in [9.17, 15) is 0 Å². The van der Waals surface area contributed by atoms with E-state index in [4.69, 9.17) is 14.1 Å². The fourth-order valence-corrected chi connectivity index (χ4v) is 4.81. The zero-order valence-electron chi connectivity index (χ0n) is 17.3. The van der Waals surface area contributed by atoms with Crippen LogP contribution in [0.3, 0.4) is 0 Å². The van der Waals surface area contributed by atoms with Crippen LogP contribution >= 0.6 is 12.4 Å². The summed E-state index contributed by atoms with van der Waals surface area (Å²) in [5.41, 5.74) is 6.56. The minimum Gasteiger partial charge on any atom is -0.497 e. The standard InChI is InChI=1S/C24H24N4O2.ClH/c1-29-16-2-3-17-15(12-26-20(17)11-16)10-22-28-24-21(30-22)5-4-19-23(24)18(13-27-19)14-6-8-25-9-7-14;/h2-5,11-14,25-27H,6-10H2,1H3;1H. The summed E-state index contributed by atoms with van der Waals surface area (Å²) < 4.78 is 11.5. The Morgan fingerprint density at radius 1 is 1.06 bits per heavy atom. The summed E-state index contributed by atoms with van der Waals surface area (Å²) in [6.45, 7) is 2.14. The van der Waals surface area contributed by atoms with Gasteiger partial charge in [-0.1, -0.05) is 0 Å². The van der Waals surface area contributed by atoms with Gasteiger partial charge in [-0.25, -0.2) is 4.98 Å². The number of hydrogen-bond acceptors (Lipinski definition) is 4. The molecule has 1 aliphatic heterocycles. The molecule has 0 unspecified atom stereocenters. The number of rotatable bonds is 4. The summed E-state index contributed by atoms with van der Waals surface area (Å²) in [4.78, 5) is 11.7. The number of hydrogen-bond donors (Lipinski definition) is 3. The summed E-state index contributed by atoms with van der Waals surface area (Å²) >= 11 is 0. The number of aromatic amines is 2. The van der Waals surface area contributed by atoms with Gasteiger partial charge in [0, 0.05) is 40.3 Å². The second-order valence-corrected chi connectivity index (χ2v) is 8.11. The highest BCUT2D eigenvalue weighted by Gasteiger charge is 2.22. The molecule has 160 valence electrons. The molecule has 5 aromatic rings. The smallest absolute Gasteiger partial charge is 0.200 e. The number of H-pyrrole nitrogens is 2. The second-order valence-electron chi connectivity index (χ2n) is 8.11. The summed E-state index contributed by atoms with van der Waals surface area (Å²) in [7, 11) is 1.68. The second kappa shape index (κ2) is 7.94. The van der Waals surface area contributed by atoms with Crippen LogP contribution in [-0.4, -0.2) is 35.2 Å². The predicted octanol–water partition coefficient (Wildman–Crippen LogP) is 5.28. The molecule has 4 heterocycles. The molecule has 6 rings (SSSR count). The van der Waals surface area contributed by atoms with Gasteiger partial charge in [-0.3, -0.25) is 0 Å². The number of oxazole rings is 1. The number of fused-ring (bicyclic) bond motifs is 4. The number of piperidine rings is 1. The highest BCUT2D eigenvalue weighted by Crippen LogP contribution is 2.36. The molecule has 1 fully saturated rings. The lowest BCUT2D eigenvalue weighted by molar-refractivity contribution is 0.415. The quantitative estimate of drug-likeness (QED) is 0.358.